The van der Waals surface area contributed by atoms with Crippen LogP contribution in [0.2, 0.25) is 0 Å². The number of cyclic esters (lactones) is 1. The standard InChI is InChI=1S/C28H31F3N2O4S/c1-16-26-24(23-10-9-22(33-38(2,35)36)13-19(23)14-25(26)27(34)37-16)11-8-21-7-6-18(15-32-21)17-4-3-5-20(12-17)28(29,30)31/h3-8,11-12,15-16,19,22-26,33H,9-10,13-14H2,1-2H3/t16-,19+,22-,23-,24+,25-,26+/m1/s1. The van der Waals surface area contributed by atoms with Crippen LogP contribution in [-0.4, -0.2) is 37.8 Å². The minimum atomic E-state index is -4.41. The first kappa shape index (κ1) is 26.9. The Kier molecular flexibility index (Phi) is 7.15. The number of pyridine rings is 1. The van der Waals surface area contributed by atoms with Gasteiger partial charge in [-0.3, -0.25) is 9.78 Å². The SMILES string of the molecule is C[C@H]1OC(=O)[C@@H]2C[C@@H]3C[C@H](NS(C)(=O)=O)CC[C@H]3[C@H](C=Cc3ccc(-c4cccc(C(F)(F)F)c4)cn3)[C@H]12. The molecule has 3 aliphatic rings. The fourth-order valence-electron chi connectivity index (χ4n) is 6.79. The van der Waals surface area contributed by atoms with Crippen LogP contribution in [0.3, 0.4) is 0 Å². The zero-order valence-corrected chi connectivity index (χ0v) is 22.0. The van der Waals surface area contributed by atoms with E-state index in [0.29, 0.717) is 35.6 Å². The zero-order chi connectivity index (χ0) is 27.2. The van der Waals surface area contributed by atoms with Gasteiger partial charge < -0.3 is 4.74 Å². The second-order valence-corrected chi connectivity index (χ2v) is 12.7. The molecule has 1 aromatic heterocycles. The summed E-state index contributed by atoms with van der Waals surface area (Å²) < 4.78 is 71.2. The van der Waals surface area contributed by atoms with Gasteiger partial charge in [-0.2, -0.15) is 13.2 Å². The number of nitrogens with one attached hydrogen (secondary N) is 1. The maximum atomic E-state index is 13.1. The van der Waals surface area contributed by atoms with Crippen molar-refractivity contribution in [2.24, 2.45) is 29.6 Å². The number of aromatic nitrogens is 1. The number of hydrogen-bond acceptors (Lipinski definition) is 5. The lowest BCUT2D eigenvalue weighted by Gasteiger charge is -2.47. The van der Waals surface area contributed by atoms with Crippen molar-refractivity contribution in [1.29, 1.82) is 0 Å². The molecule has 10 heteroatoms. The summed E-state index contributed by atoms with van der Waals surface area (Å²) in [6.45, 7) is 1.93. The molecule has 2 heterocycles. The number of sulfonamides is 1. The second-order valence-electron chi connectivity index (χ2n) is 10.9. The normalized spacial score (nSPS) is 31.6. The molecular formula is C28H31F3N2O4S. The van der Waals surface area contributed by atoms with Crippen LogP contribution >= 0.6 is 0 Å². The van der Waals surface area contributed by atoms with Crippen LogP contribution in [0, 0.1) is 29.6 Å². The molecule has 0 radical (unpaired) electrons. The van der Waals surface area contributed by atoms with Crippen molar-refractivity contribution in [3.05, 3.63) is 59.9 Å². The van der Waals surface area contributed by atoms with Crippen molar-refractivity contribution in [3.8, 4) is 11.1 Å². The van der Waals surface area contributed by atoms with E-state index in [9.17, 15) is 26.4 Å². The van der Waals surface area contributed by atoms with Crippen molar-refractivity contribution in [2.45, 2.75) is 50.9 Å². The van der Waals surface area contributed by atoms with Crippen LogP contribution in [0.1, 0.15) is 43.9 Å². The Bertz CT molecular complexity index is 1330. The van der Waals surface area contributed by atoms with Gasteiger partial charge in [0.25, 0.3) is 0 Å². The number of halogens is 3. The van der Waals surface area contributed by atoms with Crippen molar-refractivity contribution in [1.82, 2.24) is 9.71 Å². The third-order valence-corrected chi connectivity index (χ3v) is 9.09. The van der Waals surface area contributed by atoms with Gasteiger partial charge in [0.15, 0.2) is 0 Å². The van der Waals surface area contributed by atoms with Crippen molar-refractivity contribution < 1.29 is 31.1 Å². The van der Waals surface area contributed by atoms with E-state index in [1.54, 1.807) is 24.4 Å². The van der Waals surface area contributed by atoms with Gasteiger partial charge in [0.1, 0.15) is 6.10 Å². The van der Waals surface area contributed by atoms with E-state index < -0.39 is 21.8 Å². The summed E-state index contributed by atoms with van der Waals surface area (Å²) in [5.74, 6) is 0.225. The molecule has 2 saturated carbocycles. The molecular weight excluding hydrogens is 517 g/mol. The van der Waals surface area contributed by atoms with Crippen LogP contribution in [-0.2, 0) is 25.7 Å². The number of fused-ring (bicyclic) bond motifs is 2. The van der Waals surface area contributed by atoms with Gasteiger partial charge in [0, 0.05) is 23.7 Å². The fraction of sp³-hybridized carbons (Fsp3) is 0.500. The second kappa shape index (κ2) is 10.1. The van der Waals surface area contributed by atoms with Crippen LogP contribution in [0.5, 0.6) is 0 Å². The van der Waals surface area contributed by atoms with Gasteiger partial charge in [-0.05, 0) is 80.2 Å². The first-order valence-electron chi connectivity index (χ1n) is 12.9. The van der Waals surface area contributed by atoms with E-state index in [2.05, 4.69) is 15.8 Å². The molecule has 1 aromatic carbocycles. The quantitative estimate of drug-likeness (QED) is 0.512. The van der Waals surface area contributed by atoms with E-state index >= 15 is 0 Å². The highest BCUT2D eigenvalue weighted by Crippen LogP contribution is 2.53. The summed E-state index contributed by atoms with van der Waals surface area (Å²) in [5, 5.41) is 0. The highest BCUT2D eigenvalue weighted by atomic mass is 32.2. The Hall–Kier alpha value is -2.72. The molecule has 38 heavy (non-hydrogen) atoms. The Morgan fingerprint density at radius 3 is 2.58 bits per heavy atom. The minimum Gasteiger partial charge on any atom is -0.462 e. The minimum absolute atomic E-state index is 0.0452. The molecule has 2 aliphatic carbocycles. The lowest BCUT2D eigenvalue weighted by molar-refractivity contribution is -0.144. The Morgan fingerprint density at radius 1 is 1.11 bits per heavy atom. The number of nitrogens with zero attached hydrogens (tertiary/aromatic N) is 1. The number of ether oxygens (including phenoxy) is 1. The summed E-state index contributed by atoms with van der Waals surface area (Å²) in [6, 6.07) is 8.56. The van der Waals surface area contributed by atoms with Gasteiger partial charge in [-0.25, -0.2) is 13.1 Å². The largest absolute Gasteiger partial charge is 0.462 e. The summed E-state index contributed by atoms with van der Waals surface area (Å²) >= 11 is 0. The van der Waals surface area contributed by atoms with E-state index in [1.165, 1.54) is 12.3 Å². The number of esters is 1. The topological polar surface area (TPSA) is 85.4 Å². The predicted octanol–water partition coefficient (Wildman–Crippen LogP) is 5.31. The molecule has 204 valence electrons. The van der Waals surface area contributed by atoms with Crippen LogP contribution in [0.15, 0.2) is 48.7 Å². The lowest BCUT2D eigenvalue weighted by atomic mass is 9.57. The average Bonchev–Trinajstić information content (AvgIpc) is 3.13. The maximum Gasteiger partial charge on any atom is 0.416 e. The number of carbonyl (C=O) groups is 1. The van der Waals surface area contributed by atoms with Gasteiger partial charge in [-0.1, -0.05) is 24.3 Å². The van der Waals surface area contributed by atoms with Crippen molar-refractivity contribution in [3.63, 3.8) is 0 Å². The average molecular weight is 549 g/mol. The highest BCUT2D eigenvalue weighted by Gasteiger charge is 2.54. The monoisotopic (exact) mass is 548 g/mol. The molecule has 0 unspecified atom stereocenters. The smallest absolute Gasteiger partial charge is 0.416 e. The molecule has 1 aliphatic heterocycles. The summed E-state index contributed by atoms with van der Waals surface area (Å²) in [6.07, 6.45) is 5.11. The predicted molar refractivity (Wildman–Crippen MR) is 137 cm³/mol. The molecule has 6 nitrogen and oxygen atoms in total. The first-order valence-corrected chi connectivity index (χ1v) is 14.8. The maximum absolute atomic E-state index is 13.1. The molecule has 0 amide bonds. The van der Waals surface area contributed by atoms with Crippen molar-refractivity contribution >= 4 is 22.1 Å². The van der Waals surface area contributed by atoms with Gasteiger partial charge in [0.05, 0.1) is 23.4 Å². The van der Waals surface area contributed by atoms with E-state index in [-0.39, 0.29) is 41.8 Å². The van der Waals surface area contributed by atoms with Gasteiger partial charge in [0.2, 0.25) is 10.0 Å². The van der Waals surface area contributed by atoms with Crippen molar-refractivity contribution in [2.75, 3.05) is 6.26 Å². The van der Waals surface area contributed by atoms with E-state index in [0.717, 1.165) is 25.0 Å². The lowest BCUT2D eigenvalue weighted by Crippen LogP contribution is -2.48. The molecule has 7 atom stereocenters. The summed E-state index contributed by atoms with van der Waals surface area (Å²) in [5.41, 5.74) is 0.996. The third-order valence-electron chi connectivity index (χ3n) is 8.33. The number of alkyl halides is 3. The van der Waals surface area contributed by atoms with Crippen LogP contribution in [0.25, 0.3) is 17.2 Å². The number of allylic oxidation sites excluding steroid dienone is 1. The molecule has 3 fully saturated rings. The molecule has 0 spiro atoms. The molecule has 5 rings (SSSR count). The van der Waals surface area contributed by atoms with E-state index in [1.807, 2.05) is 13.0 Å². The Morgan fingerprint density at radius 2 is 1.89 bits per heavy atom. The van der Waals surface area contributed by atoms with Gasteiger partial charge in [-0.15, -0.1) is 0 Å². The first-order chi connectivity index (χ1) is 17.9. The third kappa shape index (κ3) is 5.66. The van der Waals surface area contributed by atoms with Gasteiger partial charge >= 0.3 is 12.1 Å². The van der Waals surface area contributed by atoms with Crippen LogP contribution in [0.4, 0.5) is 13.2 Å². The van der Waals surface area contributed by atoms with Crippen LogP contribution < -0.4 is 4.72 Å². The Balaban J connectivity index is 1.36. The molecule has 1 saturated heterocycles. The number of benzene rings is 1. The fourth-order valence-corrected chi connectivity index (χ4v) is 7.60. The molecule has 1 N–H and O–H groups in total. The number of hydrogen-bond donors (Lipinski definition) is 1. The van der Waals surface area contributed by atoms with E-state index in [4.69, 9.17) is 4.74 Å². The summed E-state index contributed by atoms with van der Waals surface area (Å²) in [7, 11) is -3.31. The highest BCUT2D eigenvalue weighted by molar-refractivity contribution is 7.88. The molecule has 0 bridgehead atoms. The zero-order valence-electron chi connectivity index (χ0n) is 21.2. The number of rotatable bonds is 5. The number of carbonyl (C=O) groups excluding carboxylic acids is 1. The molecule has 2 aromatic rings. The Labute approximate surface area is 220 Å². The summed E-state index contributed by atoms with van der Waals surface area (Å²) in [4.78, 5) is 17.1.